The third kappa shape index (κ3) is 8.59. The molecule has 0 radical (unpaired) electrons. The first-order valence-electron chi connectivity index (χ1n) is 9.03. The summed E-state index contributed by atoms with van der Waals surface area (Å²) in [6, 6.07) is -2.14. The molecular formula is C16H29N5O5S. The fourth-order valence-electron chi connectivity index (χ4n) is 2.69. The predicted octanol–water partition coefficient (Wildman–Crippen LogP) is -2.03. The van der Waals surface area contributed by atoms with Crippen molar-refractivity contribution in [1.82, 2.24) is 21.3 Å². The van der Waals surface area contributed by atoms with Gasteiger partial charge in [0.25, 0.3) is 0 Å². The smallest absolute Gasteiger partial charge is 0.322 e. The Morgan fingerprint density at radius 2 is 1.89 bits per heavy atom. The van der Waals surface area contributed by atoms with E-state index in [1.165, 1.54) is 0 Å². The minimum atomic E-state index is -1.18. The van der Waals surface area contributed by atoms with Crippen molar-refractivity contribution >= 4 is 36.3 Å². The summed E-state index contributed by atoms with van der Waals surface area (Å²) in [6.07, 6.45) is 3.16. The van der Waals surface area contributed by atoms with Gasteiger partial charge in [-0.15, -0.1) is 0 Å². The molecule has 1 fully saturated rings. The summed E-state index contributed by atoms with van der Waals surface area (Å²) in [5.41, 5.74) is 5.45. The van der Waals surface area contributed by atoms with Crippen LogP contribution in [0.2, 0.25) is 0 Å². The summed E-state index contributed by atoms with van der Waals surface area (Å²) in [7, 11) is 0. The molecule has 3 atom stereocenters. The molecule has 1 heterocycles. The molecule has 0 bridgehead atoms. The van der Waals surface area contributed by atoms with Crippen LogP contribution in [-0.2, 0) is 19.2 Å². The van der Waals surface area contributed by atoms with E-state index in [0.29, 0.717) is 32.2 Å². The zero-order valence-electron chi connectivity index (χ0n) is 15.2. The van der Waals surface area contributed by atoms with Gasteiger partial charge in [0.2, 0.25) is 17.7 Å². The number of nitrogens with two attached hydrogens (primary N) is 1. The van der Waals surface area contributed by atoms with E-state index < -0.39 is 36.4 Å². The first-order valence-corrected chi connectivity index (χ1v) is 9.66. The van der Waals surface area contributed by atoms with Crippen molar-refractivity contribution in [2.45, 2.75) is 50.2 Å². The van der Waals surface area contributed by atoms with Crippen molar-refractivity contribution in [1.29, 1.82) is 0 Å². The third-order valence-corrected chi connectivity index (χ3v) is 4.55. The van der Waals surface area contributed by atoms with Crippen LogP contribution >= 0.6 is 12.6 Å². The standard InChI is InChI=1S/C16H29N5O5S/c17-6-2-1-4-11(14(24)19-8-13(22)23)20-16(26)12(9-27)21-15(25)10-5-3-7-18-10/h10-12,18,27H,1-9,17H2,(H,19,24)(H,20,26)(H,21,25)(H,22,23). The number of carboxylic acids is 1. The lowest BCUT2D eigenvalue weighted by Crippen LogP contribution is -2.56. The van der Waals surface area contributed by atoms with Crippen LogP contribution in [0.1, 0.15) is 32.1 Å². The summed E-state index contributed by atoms with van der Waals surface area (Å²) in [4.78, 5) is 47.5. The zero-order chi connectivity index (χ0) is 20.2. The zero-order valence-corrected chi connectivity index (χ0v) is 16.1. The second kappa shape index (κ2) is 12.5. The SMILES string of the molecule is NCCCCC(NC(=O)C(CS)NC(=O)C1CCCN1)C(=O)NCC(=O)O. The van der Waals surface area contributed by atoms with Gasteiger partial charge in [-0.1, -0.05) is 0 Å². The quantitative estimate of drug-likeness (QED) is 0.146. The van der Waals surface area contributed by atoms with Gasteiger partial charge in [-0.2, -0.15) is 12.6 Å². The van der Waals surface area contributed by atoms with Crippen molar-refractivity contribution in [3.8, 4) is 0 Å². The molecule has 27 heavy (non-hydrogen) atoms. The van der Waals surface area contributed by atoms with Crippen LogP contribution in [0.15, 0.2) is 0 Å². The molecule has 10 nitrogen and oxygen atoms in total. The number of nitrogens with one attached hydrogen (secondary N) is 4. The lowest BCUT2D eigenvalue weighted by molar-refractivity contribution is -0.138. The lowest BCUT2D eigenvalue weighted by atomic mass is 10.1. The highest BCUT2D eigenvalue weighted by Crippen LogP contribution is 2.06. The van der Waals surface area contributed by atoms with Crippen LogP contribution in [0.25, 0.3) is 0 Å². The van der Waals surface area contributed by atoms with Crippen LogP contribution in [0.5, 0.6) is 0 Å². The van der Waals surface area contributed by atoms with E-state index >= 15 is 0 Å². The number of aliphatic carboxylic acids is 1. The number of carboxylic acid groups (broad SMARTS) is 1. The first kappa shape index (κ1) is 23.2. The summed E-state index contributed by atoms with van der Waals surface area (Å²) in [6.45, 7) is 0.659. The fraction of sp³-hybridized carbons (Fsp3) is 0.750. The Labute approximate surface area is 163 Å². The number of amides is 3. The minimum Gasteiger partial charge on any atom is -0.480 e. The first-order chi connectivity index (χ1) is 12.9. The second-order valence-corrected chi connectivity index (χ2v) is 6.72. The Kier molecular flexibility index (Phi) is 10.8. The Hall–Kier alpha value is -1.85. The molecule has 7 N–H and O–H groups in total. The Morgan fingerprint density at radius 3 is 2.44 bits per heavy atom. The predicted molar refractivity (Wildman–Crippen MR) is 102 cm³/mol. The number of hydrogen-bond donors (Lipinski definition) is 7. The number of unbranched alkanes of at least 4 members (excludes halogenated alkanes) is 1. The Bertz CT molecular complexity index is 527. The molecule has 3 unspecified atom stereocenters. The number of carbonyl (C=O) groups excluding carboxylic acids is 3. The molecule has 1 saturated heterocycles. The maximum absolute atomic E-state index is 12.5. The van der Waals surface area contributed by atoms with E-state index in [4.69, 9.17) is 10.8 Å². The van der Waals surface area contributed by atoms with Gasteiger partial charge in [0.05, 0.1) is 6.04 Å². The van der Waals surface area contributed by atoms with E-state index in [1.54, 1.807) is 0 Å². The van der Waals surface area contributed by atoms with Crippen molar-refractivity contribution in [2.24, 2.45) is 5.73 Å². The average molecular weight is 404 g/mol. The van der Waals surface area contributed by atoms with Crippen LogP contribution in [0, 0.1) is 0 Å². The van der Waals surface area contributed by atoms with Crippen LogP contribution in [0.4, 0.5) is 0 Å². The second-order valence-electron chi connectivity index (χ2n) is 6.35. The molecule has 0 aromatic rings. The molecular weight excluding hydrogens is 374 g/mol. The van der Waals surface area contributed by atoms with E-state index in [0.717, 1.165) is 13.0 Å². The maximum Gasteiger partial charge on any atom is 0.322 e. The molecule has 154 valence electrons. The van der Waals surface area contributed by atoms with Crippen LogP contribution in [0.3, 0.4) is 0 Å². The van der Waals surface area contributed by atoms with Crippen LogP contribution in [-0.4, -0.2) is 72.3 Å². The van der Waals surface area contributed by atoms with Gasteiger partial charge in [-0.3, -0.25) is 19.2 Å². The summed E-state index contributed by atoms with van der Waals surface area (Å²) in [5.74, 6) is -2.53. The summed E-state index contributed by atoms with van der Waals surface area (Å²) >= 11 is 4.11. The molecule has 3 amide bonds. The van der Waals surface area contributed by atoms with Gasteiger partial charge in [0, 0.05) is 5.75 Å². The van der Waals surface area contributed by atoms with Crippen LogP contribution < -0.4 is 27.0 Å². The molecule has 0 spiro atoms. The summed E-state index contributed by atoms with van der Waals surface area (Å²) < 4.78 is 0. The Balaban J connectivity index is 2.65. The normalized spacial score (nSPS) is 18.4. The van der Waals surface area contributed by atoms with E-state index in [-0.39, 0.29) is 17.7 Å². The average Bonchev–Trinajstić information content (AvgIpc) is 3.17. The van der Waals surface area contributed by atoms with Gasteiger partial charge >= 0.3 is 5.97 Å². The van der Waals surface area contributed by atoms with Crippen molar-refractivity contribution in [2.75, 3.05) is 25.4 Å². The lowest BCUT2D eigenvalue weighted by Gasteiger charge is -2.23. The third-order valence-electron chi connectivity index (χ3n) is 4.19. The van der Waals surface area contributed by atoms with E-state index in [1.807, 2.05) is 0 Å². The molecule has 0 saturated carbocycles. The number of thiol groups is 1. The molecule has 1 rings (SSSR count). The van der Waals surface area contributed by atoms with Gasteiger partial charge in [-0.05, 0) is 45.2 Å². The highest BCUT2D eigenvalue weighted by Gasteiger charge is 2.29. The van der Waals surface area contributed by atoms with Gasteiger partial charge in [0.1, 0.15) is 18.6 Å². The number of rotatable bonds is 12. The largest absolute Gasteiger partial charge is 0.480 e. The number of hydrogen-bond acceptors (Lipinski definition) is 7. The number of carbonyl (C=O) groups is 4. The minimum absolute atomic E-state index is 0.0660. The van der Waals surface area contributed by atoms with Crippen molar-refractivity contribution in [3.63, 3.8) is 0 Å². The molecule has 1 aliphatic rings. The van der Waals surface area contributed by atoms with E-state index in [2.05, 4.69) is 33.9 Å². The van der Waals surface area contributed by atoms with Crippen molar-refractivity contribution < 1.29 is 24.3 Å². The van der Waals surface area contributed by atoms with Gasteiger partial charge in [-0.25, -0.2) is 0 Å². The highest BCUT2D eigenvalue weighted by atomic mass is 32.1. The van der Waals surface area contributed by atoms with Crippen molar-refractivity contribution in [3.05, 3.63) is 0 Å². The maximum atomic E-state index is 12.5. The molecule has 1 aliphatic heterocycles. The molecule has 0 aromatic heterocycles. The topological polar surface area (TPSA) is 163 Å². The molecule has 0 aromatic carbocycles. The molecule has 11 heteroatoms. The van der Waals surface area contributed by atoms with Gasteiger partial charge in [0.15, 0.2) is 0 Å². The van der Waals surface area contributed by atoms with E-state index in [9.17, 15) is 19.2 Å². The fourth-order valence-corrected chi connectivity index (χ4v) is 2.95. The molecule has 0 aliphatic carbocycles. The van der Waals surface area contributed by atoms with Gasteiger partial charge < -0.3 is 32.1 Å². The summed E-state index contributed by atoms with van der Waals surface area (Å²) in [5, 5.41) is 19.2. The monoisotopic (exact) mass is 403 g/mol. The Morgan fingerprint density at radius 1 is 1.15 bits per heavy atom. The highest BCUT2D eigenvalue weighted by molar-refractivity contribution is 7.80.